The van der Waals surface area contributed by atoms with Crippen LogP contribution in [0.3, 0.4) is 0 Å². The largest absolute Gasteiger partial charge is 0.448 e. The van der Waals surface area contributed by atoms with Gasteiger partial charge in [-0.15, -0.1) is 11.3 Å². The van der Waals surface area contributed by atoms with Crippen LogP contribution in [0.1, 0.15) is 36.2 Å². The summed E-state index contributed by atoms with van der Waals surface area (Å²) in [5.41, 5.74) is 3.69. The van der Waals surface area contributed by atoms with E-state index in [0.717, 1.165) is 22.7 Å². The van der Waals surface area contributed by atoms with E-state index >= 15 is 0 Å². The Kier molecular flexibility index (Phi) is 4.63. The molecule has 1 aliphatic rings. The van der Waals surface area contributed by atoms with Gasteiger partial charge in [0.2, 0.25) is 0 Å². The van der Waals surface area contributed by atoms with E-state index in [2.05, 4.69) is 52.0 Å². The van der Waals surface area contributed by atoms with Crippen molar-refractivity contribution in [2.75, 3.05) is 19.7 Å². The van der Waals surface area contributed by atoms with E-state index in [1.165, 1.54) is 10.4 Å². The van der Waals surface area contributed by atoms with E-state index in [1.807, 2.05) is 0 Å². The van der Waals surface area contributed by atoms with Crippen LogP contribution in [-0.4, -0.2) is 35.7 Å². The van der Waals surface area contributed by atoms with Crippen molar-refractivity contribution in [3.63, 3.8) is 0 Å². The zero-order valence-electron chi connectivity index (χ0n) is 14.8. The van der Waals surface area contributed by atoms with Crippen LogP contribution in [0.25, 0.3) is 11.3 Å². The summed E-state index contributed by atoms with van der Waals surface area (Å²) < 4.78 is 4.96. The van der Waals surface area contributed by atoms with E-state index in [9.17, 15) is 4.79 Å². The number of hydrogen-bond acceptors (Lipinski definition) is 4. The molecule has 5 heteroatoms. The molecule has 3 rings (SSSR count). The van der Waals surface area contributed by atoms with Crippen LogP contribution in [0.4, 0.5) is 4.79 Å². The zero-order valence-corrected chi connectivity index (χ0v) is 15.6. The molecule has 0 saturated carbocycles. The number of amides is 1. The number of rotatable bonds is 4. The van der Waals surface area contributed by atoms with Gasteiger partial charge in [0.15, 0.2) is 0 Å². The molecule has 4 nitrogen and oxygen atoms in total. The van der Waals surface area contributed by atoms with E-state index in [1.54, 1.807) is 16.2 Å². The minimum absolute atomic E-state index is 0.158. The number of aryl methyl sites for hydroxylation is 1. The second kappa shape index (κ2) is 6.55. The Balaban J connectivity index is 1.72. The lowest BCUT2D eigenvalue weighted by Gasteiger charge is -2.19. The smallest absolute Gasteiger partial charge is 0.409 e. The van der Waals surface area contributed by atoms with Gasteiger partial charge in [-0.25, -0.2) is 9.78 Å². The van der Waals surface area contributed by atoms with Gasteiger partial charge in [0.1, 0.15) is 6.61 Å². The summed E-state index contributed by atoms with van der Waals surface area (Å²) in [6, 6.07) is 8.69. The summed E-state index contributed by atoms with van der Waals surface area (Å²) in [7, 11) is 0. The van der Waals surface area contributed by atoms with Gasteiger partial charge in [0, 0.05) is 23.4 Å². The first kappa shape index (κ1) is 17.0. The van der Waals surface area contributed by atoms with E-state index in [-0.39, 0.29) is 11.5 Å². The molecule has 2 heterocycles. The molecular weight excluding hydrogens is 320 g/mol. The average Bonchev–Trinajstić information content (AvgIpc) is 3.10. The fraction of sp³-hybridized carbons (Fsp3) is 0.474. The molecule has 128 valence electrons. The summed E-state index contributed by atoms with van der Waals surface area (Å²) in [6.07, 6.45) is 0.571. The molecule has 0 unspecified atom stereocenters. The lowest BCUT2D eigenvalue weighted by molar-refractivity contribution is 0.159. The molecule has 0 aliphatic carbocycles. The van der Waals surface area contributed by atoms with Crippen LogP contribution < -0.4 is 0 Å². The van der Waals surface area contributed by atoms with Gasteiger partial charge in [-0.2, -0.15) is 0 Å². The lowest BCUT2D eigenvalue weighted by Crippen LogP contribution is -2.26. The Morgan fingerprint density at radius 3 is 2.54 bits per heavy atom. The summed E-state index contributed by atoms with van der Waals surface area (Å²) in [5.74, 6) is 0. The maximum absolute atomic E-state index is 11.5. The molecule has 1 aromatic carbocycles. The highest BCUT2D eigenvalue weighted by molar-refractivity contribution is 7.12. The Hall–Kier alpha value is -1.88. The molecule has 24 heavy (non-hydrogen) atoms. The highest BCUT2D eigenvalue weighted by Crippen LogP contribution is 2.30. The van der Waals surface area contributed by atoms with Crippen LogP contribution in [0.15, 0.2) is 24.3 Å². The number of carbonyl (C=O) groups is 1. The van der Waals surface area contributed by atoms with Gasteiger partial charge in [-0.3, -0.25) is 0 Å². The number of aromatic nitrogens is 1. The Morgan fingerprint density at radius 2 is 1.96 bits per heavy atom. The van der Waals surface area contributed by atoms with E-state index < -0.39 is 0 Å². The van der Waals surface area contributed by atoms with Crippen molar-refractivity contribution in [3.05, 3.63) is 39.7 Å². The van der Waals surface area contributed by atoms with Crippen LogP contribution in [-0.2, 0) is 16.6 Å². The third-order valence-corrected chi connectivity index (χ3v) is 5.34. The number of carbonyl (C=O) groups excluding carboxylic acids is 1. The molecule has 0 N–H and O–H groups in total. The number of benzene rings is 1. The van der Waals surface area contributed by atoms with E-state index in [4.69, 9.17) is 9.72 Å². The van der Waals surface area contributed by atoms with Crippen LogP contribution in [0.5, 0.6) is 0 Å². The number of thiazole rings is 1. The van der Waals surface area contributed by atoms with Crippen molar-refractivity contribution in [1.29, 1.82) is 0 Å². The molecule has 1 aromatic heterocycles. The number of hydrogen-bond donors (Lipinski definition) is 0. The van der Waals surface area contributed by atoms with Crippen molar-refractivity contribution in [3.8, 4) is 11.3 Å². The molecular formula is C19H24N2O2S. The normalized spacial score (nSPS) is 15.0. The molecule has 0 radical (unpaired) electrons. The number of ether oxygens (including phenoxy) is 1. The summed E-state index contributed by atoms with van der Waals surface area (Å²) >= 11 is 1.71. The summed E-state index contributed by atoms with van der Waals surface area (Å²) in [6.45, 7) is 10.6. The number of nitrogens with zero attached hydrogens (tertiary/aromatic N) is 2. The first-order valence-corrected chi connectivity index (χ1v) is 9.15. The molecule has 1 aliphatic heterocycles. The highest BCUT2D eigenvalue weighted by atomic mass is 32.1. The van der Waals surface area contributed by atoms with Crippen molar-refractivity contribution in [2.45, 2.75) is 39.5 Å². The predicted molar refractivity (Wildman–Crippen MR) is 97.6 cm³/mol. The van der Waals surface area contributed by atoms with Crippen LogP contribution in [0, 0.1) is 6.92 Å². The Morgan fingerprint density at radius 1 is 1.25 bits per heavy atom. The maximum Gasteiger partial charge on any atom is 0.409 e. The minimum Gasteiger partial charge on any atom is -0.448 e. The second-order valence-corrected chi connectivity index (χ2v) is 8.48. The molecule has 1 saturated heterocycles. The Labute approximate surface area is 147 Å². The van der Waals surface area contributed by atoms with Crippen LogP contribution in [0.2, 0.25) is 0 Å². The molecule has 2 aromatic rings. The quantitative estimate of drug-likeness (QED) is 0.825. The Bertz CT molecular complexity index is 729. The lowest BCUT2D eigenvalue weighted by atomic mass is 9.86. The van der Waals surface area contributed by atoms with Crippen molar-refractivity contribution < 1.29 is 9.53 Å². The summed E-state index contributed by atoms with van der Waals surface area (Å²) in [4.78, 5) is 19.3. The van der Waals surface area contributed by atoms with Gasteiger partial charge < -0.3 is 9.64 Å². The average molecular weight is 344 g/mol. The fourth-order valence-corrected chi connectivity index (χ4v) is 3.76. The first-order chi connectivity index (χ1) is 11.3. The molecule has 1 amide bonds. The first-order valence-electron chi connectivity index (χ1n) is 8.33. The van der Waals surface area contributed by atoms with Gasteiger partial charge in [-0.05, 0) is 17.9 Å². The van der Waals surface area contributed by atoms with Crippen molar-refractivity contribution in [1.82, 2.24) is 9.88 Å². The standard InChI is InChI=1S/C19H24N2O2S/c1-13-17(14-5-7-15(8-6-14)19(2,3)4)20-16(24-13)9-10-21-11-12-23-18(21)22/h5-8H,9-12H2,1-4H3. The number of cyclic esters (lactones) is 1. The van der Waals surface area contributed by atoms with Crippen molar-refractivity contribution in [2.24, 2.45) is 0 Å². The van der Waals surface area contributed by atoms with Gasteiger partial charge in [-0.1, -0.05) is 45.0 Å². The third-order valence-electron chi connectivity index (χ3n) is 4.31. The summed E-state index contributed by atoms with van der Waals surface area (Å²) in [5, 5.41) is 1.07. The highest BCUT2D eigenvalue weighted by Gasteiger charge is 2.22. The van der Waals surface area contributed by atoms with Gasteiger partial charge in [0.25, 0.3) is 0 Å². The topological polar surface area (TPSA) is 42.4 Å². The monoisotopic (exact) mass is 344 g/mol. The molecule has 0 atom stereocenters. The fourth-order valence-electron chi connectivity index (χ4n) is 2.81. The zero-order chi connectivity index (χ0) is 17.3. The molecule has 0 spiro atoms. The SMILES string of the molecule is Cc1sc(CCN2CCOC2=O)nc1-c1ccc(C(C)(C)C)cc1. The third kappa shape index (κ3) is 3.61. The van der Waals surface area contributed by atoms with Gasteiger partial charge in [0.05, 0.1) is 17.2 Å². The maximum atomic E-state index is 11.5. The molecule has 1 fully saturated rings. The minimum atomic E-state index is -0.207. The van der Waals surface area contributed by atoms with Crippen LogP contribution >= 0.6 is 11.3 Å². The second-order valence-electron chi connectivity index (χ2n) is 7.19. The predicted octanol–water partition coefficient (Wildman–Crippen LogP) is 4.41. The molecule has 0 bridgehead atoms. The van der Waals surface area contributed by atoms with Gasteiger partial charge >= 0.3 is 6.09 Å². The van der Waals surface area contributed by atoms with Crippen molar-refractivity contribution >= 4 is 17.4 Å². The van der Waals surface area contributed by atoms with E-state index in [0.29, 0.717) is 19.7 Å².